The molecular formula is C15H9Cl2NO2. The smallest absolute Gasteiger partial charge is 0.220 e. The highest BCUT2D eigenvalue weighted by atomic mass is 35.5. The van der Waals surface area contributed by atoms with Crippen LogP contribution in [0, 0.1) is 0 Å². The SMILES string of the molecule is Oc1ccc(/C=C/c2nc3cc(Cl)ccc3o2)cc1Cl. The molecule has 0 saturated heterocycles. The largest absolute Gasteiger partial charge is 0.506 e. The monoisotopic (exact) mass is 305 g/mol. The summed E-state index contributed by atoms with van der Waals surface area (Å²) in [5.74, 6) is 0.534. The van der Waals surface area contributed by atoms with Gasteiger partial charge in [0.25, 0.3) is 0 Å². The van der Waals surface area contributed by atoms with Crippen LogP contribution in [0.5, 0.6) is 5.75 Å². The molecule has 20 heavy (non-hydrogen) atoms. The fraction of sp³-hybridized carbons (Fsp3) is 0. The van der Waals surface area contributed by atoms with Crippen LogP contribution < -0.4 is 0 Å². The van der Waals surface area contributed by atoms with Crippen LogP contribution in [0.1, 0.15) is 11.5 Å². The molecule has 0 bridgehead atoms. The van der Waals surface area contributed by atoms with E-state index in [0.29, 0.717) is 27.0 Å². The fourth-order valence-corrected chi connectivity index (χ4v) is 2.14. The summed E-state index contributed by atoms with van der Waals surface area (Å²) in [5.41, 5.74) is 2.23. The molecule has 3 nitrogen and oxygen atoms in total. The van der Waals surface area contributed by atoms with Gasteiger partial charge in [0.1, 0.15) is 11.3 Å². The Kier molecular flexibility index (Phi) is 3.38. The van der Waals surface area contributed by atoms with Gasteiger partial charge in [-0.25, -0.2) is 4.98 Å². The predicted molar refractivity (Wildman–Crippen MR) is 81.1 cm³/mol. The first-order valence-corrected chi connectivity index (χ1v) is 6.60. The van der Waals surface area contributed by atoms with Gasteiger partial charge in [-0.2, -0.15) is 0 Å². The second kappa shape index (κ2) is 5.19. The molecule has 0 amide bonds. The number of phenolic OH excluding ortho intramolecular Hbond substituents is 1. The lowest BCUT2D eigenvalue weighted by molar-refractivity contribution is 0.475. The summed E-state index contributed by atoms with van der Waals surface area (Å²) in [6, 6.07) is 10.2. The minimum absolute atomic E-state index is 0.0559. The maximum Gasteiger partial charge on any atom is 0.220 e. The molecule has 0 spiro atoms. The fourth-order valence-electron chi connectivity index (χ4n) is 1.78. The molecule has 1 N–H and O–H groups in total. The van der Waals surface area contributed by atoms with Crippen LogP contribution >= 0.6 is 23.2 Å². The van der Waals surface area contributed by atoms with Crippen LogP contribution in [0.2, 0.25) is 10.0 Å². The molecular weight excluding hydrogens is 297 g/mol. The summed E-state index contributed by atoms with van der Waals surface area (Å²) < 4.78 is 5.56. The number of hydrogen-bond acceptors (Lipinski definition) is 3. The average Bonchev–Trinajstić information content (AvgIpc) is 2.82. The van der Waals surface area contributed by atoms with Gasteiger partial charge in [-0.1, -0.05) is 29.3 Å². The molecule has 0 aliphatic carbocycles. The molecule has 2 aromatic carbocycles. The van der Waals surface area contributed by atoms with Crippen molar-refractivity contribution >= 4 is 46.5 Å². The van der Waals surface area contributed by atoms with Crippen molar-refractivity contribution in [1.29, 1.82) is 0 Å². The molecule has 0 saturated carbocycles. The molecule has 0 fully saturated rings. The number of benzene rings is 2. The van der Waals surface area contributed by atoms with Crippen LogP contribution in [0.4, 0.5) is 0 Å². The second-order valence-electron chi connectivity index (χ2n) is 4.21. The first kappa shape index (κ1) is 13.0. The summed E-state index contributed by atoms with van der Waals surface area (Å²) in [5, 5.41) is 10.3. The lowest BCUT2D eigenvalue weighted by atomic mass is 10.2. The Balaban J connectivity index is 1.91. The van der Waals surface area contributed by atoms with E-state index in [-0.39, 0.29) is 5.75 Å². The lowest BCUT2D eigenvalue weighted by Gasteiger charge is -1.97. The molecule has 0 radical (unpaired) electrons. The molecule has 1 heterocycles. The summed E-state index contributed by atoms with van der Waals surface area (Å²) >= 11 is 11.7. The third kappa shape index (κ3) is 2.64. The Morgan fingerprint density at radius 1 is 1.05 bits per heavy atom. The van der Waals surface area contributed by atoms with Gasteiger partial charge in [-0.15, -0.1) is 0 Å². The zero-order valence-electron chi connectivity index (χ0n) is 10.2. The Hall–Kier alpha value is -1.97. The Bertz CT molecular complexity index is 809. The van der Waals surface area contributed by atoms with E-state index in [9.17, 15) is 5.11 Å². The van der Waals surface area contributed by atoms with E-state index in [2.05, 4.69) is 4.98 Å². The maximum absolute atomic E-state index is 9.35. The number of oxazole rings is 1. The van der Waals surface area contributed by atoms with Crippen LogP contribution in [0.15, 0.2) is 40.8 Å². The first-order chi connectivity index (χ1) is 9.61. The zero-order valence-corrected chi connectivity index (χ0v) is 11.7. The second-order valence-corrected chi connectivity index (χ2v) is 5.05. The molecule has 1 aromatic heterocycles. The van der Waals surface area contributed by atoms with E-state index in [1.807, 2.05) is 0 Å². The number of halogens is 2. The van der Waals surface area contributed by atoms with Crippen molar-refractivity contribution in [2.45, 2.75) is 0 Å². The molecule has 100 valence electrons. The summed E-state index contributed by atoms with van der Waals surface area (Å²) in [7, 11) is 0. The van der Waals surface area contributed by atoms with Crippen molar-refractivity contribution < 1.29 is 9.52 Å². The van der Waals surface area contributed by atoms with Crippen molar-refractivity contribution in [3.63, 3.8) is 0 Å². The van der Waals surface area contributed by atoms with Crippen LogP contribution in [-0.2, 0) is 0 Å². The predicted octanol–water partition coefficient (Wildman–Crippen LogP) is 5.01. The van der Waals surface area contributed by atoms with Gasteiger partial charge in [-0.3, -0.25) is 0 Å². The number of rotatable bonds is 2. The number of fused-ring (bicyclic) bond motifs is 1. The highest BCUT2D eigenvalue weighted by molar-refractivity contribution is 6.32. The van der Waals surface area contributed by atoms with Crippen molar-refractivity contribution in [3.8, 4) is 5.75 Å². The highest BCUT2D eigenvalue weighted by Crippen LogP contribution is 2.25. The van der Waals surface area contributed by atoms with Crippen molar-refractivity contribution in [2.24, 2.45) is 0 Å². The van der Waals surface area contributed by atoms with E-state index in [4.69, 9.17) is 27.6 Å². The van der Waals surface area contributed by atoms with E-state index in [1.165, 1.54) is 6.07 Å². The molecule has 0 unspecified atom stereocenters. The van der Waals surface area contributed by atoms with Crippen molar-refractivity contribution in [3.05, 3.63) is 57.9 Å². The van der Waals surface area contributed by atoms with Crippen molar-refractivity contribution in [2.75, 3.05) is 0 Å². The Labute approximate surface area is 125 Å². The van der Waals surface area contributed by atoms with Crippen LogP contribution in [-0.4, -0.2) is 10.1 Å². The quantitative estimate of drug-likeness (QED) is 0.724. The molecule has 3 aromatic rings. The highest BCUT2D eigenvalue weighted by Gasteiger charge is 2.03. The summed E-state index contributed by atoms with van der Waals surface area (Å²) in [6.07, 6.45) is 3.54. The third-order valence-corrected chi connectivity index (χ3v) is 3.29. The number of aromatic nitrogens is 1. The van der Waals surface area contributed by atoms with Crippen LogP contribution in [0.3, 0.4) is 0 Å². The first-order valence-electron chi connectivity index (χ1n) is 5.84. The number of nitrogens with zero attached hydrogens (tertiary/aromatic N) is 1. The van der Waals surface area contributed by atoms with Crippen LogP contribution in [0.25, 0.3) is 23.3 Å². The molecule has 0 atom stereocenters. The van der Waals surface area contributed by atoms with Gasteiger partial charge in [0.15, 0.2) is 5.58 Å². The summed E-state index contributed by atoms with van der Waals surface area (Å²) in [6.45, 7) is 0. The maximum atomic E-state index is 9.35. The van der Waals surface area contributed by atoms with Gasteiger partial charge in [0.05, 0.1) is 5.02 Å². The normalized spacial score (nSPS) is 11.5. The minimum Gasteiger partial charge on any atom is -0.506 e. The Morgan fingerprint density at radius 3 is 2.70 bits per heavy atom. The van der Waals surface area contributed by atoms with Gasteiger partial charge >= 0.3 is 0 Å². The summed E-state index contributed by atoms with van der Waals surface area (Å²) in [4.78, 5) is 4.31. The number of phenols is 1. The van der Waals surface area contributed by atoms with Gasteiger partial charge in [0, 0.05) is 11.1 Å². The van der Waals surface area contributed by atoms with Gasteiger partial charge < -0.3 is 9.52 Å². The average molecular weight is 306 g/mol. The molecule has 0 aliphatic heterocycles. The van der Waals surface area contributed by atoms with E-state index < -0.39 is 0 Å². The van der Waals surface area contributed by atoms with Gasteiger partial charge in [-0.05, 0) is 42.0 Å². The zero-order chi connectivity index (χ0) is 14.1. The Morgan fingerprint density at radius 2 is 1.90 bits per heavy atom. The topological polar surface area (TPSA) is 46.3 Å². The van der Waals surface area contributed by atoms with E-state index >= 15 is 0 Å². The lowest BCUT2D eigenvalue weighted by Crippen LogP contribution is -1.74. The third-order valence-electron chi connectivity index (χ3n) is 2.76. The van der Waals surface area contributed by atoms with Crippen molar-refractivity contribution in [1.82, 2.24) is 4.98 Å². The standard InChI is InChI=1S/C15H9Cl2NO2/c16-10-3-5-14-12(8-10)18-15(20-14)6-2-9-1-4-13(19)11(17)7-9/h1-8,19H/b6-2+. The van der Waals surface area contributed by atoms with E-state index in [1.54, 1.807) is 42.5 Å². The molecule has 3 rings (SSSR count). The molecule has 0 aliphatic rings. The van der Waals surface area contributed by atoms with Gasteiger partial charge in [0.2, 0.25) is 5.89 Å². The number of aromatic hydroxyl groups is 1. The molecule has 5 heteroatoms. The minimum atomic E-state index is 0.0559. The van der Waals surface area contributed by atoms with E-state index in [0.717, 1.165) is 5.56 Å². The number of hydrogen-bond donors (Lipinski definition) is 1.